The second-order valence-electron chi connectivity index (χ2n) is 3.89. The fourth-order valence-electron chi connectivity index (χ4n) is 1.80. The molecule has 15 heavy (non-hydrogen) atoms. The Morgan fingerprint density at radius 2 is 2.00 bits per heavy atom. The Hall–Kier alpha value is -0.900. The largest absolute Gasteiger partial charge is 0.396 e. The average Bonchev–Trinajstić information content (AvgIpc) is 2.67. The second-order valence-corrected chi connectivity index (χ2v) is 3.89. The van der Waals surface area contributed by atoms with Crippen molar-refractivity contribution in [2.45, 2.75) is 52.0 Å². The minimum atomic E-state index is 0.144. The topological polar surface area (TPSA) is 50.9 Å². The van der Waals surface area contributed by atoms with Gasteiger partial charge in [0.05, 0.1) is 11.7 Å². The molecule has 0 saturated heterocycles. The minimum absolute atomic E-state index is 0.144. The highest BCUT2D eigenvalue weighted by molar-refractivity contribution is 4.93. The highest BCUT2D eigenvalue weighted by atomic mass is 16.3. The van der Waals surface area contributed by atoms with Gasteiger partial charge in [-0.2, -0.15) is 0 Å². The van der Waals surface area contributed by atoms with Crippen LogP contribution in [-0.2, 0) is 6.42 Å². The molecule has 1 aromatic rings. The lowest BCUT2D eigenvalue weighted by atomic mass is 10.1. The van der Waals surface area contributed by atoms with Crippen LogP contribution < -0.4 is 0 Å². The number of nitrogens with zero attached hydrogens (tertiary/aromatic N) is 3. The van der Waals surface area contributed by atoms with Crippen LogP contribution in [0.15, 0.2) is 6.20 Å². The lowest BCUT2D eigenvalue weighted by Crippen LogP contribution is -2.09. The average molecular weight is 211 g/mol. The van der Waals surface area contributed by atoms with Gasteiger partial charge in [-0.25, -0.2) is 4.68 Å². The summed E-state index contributed by atoms with van der Waals surface area (Å²) in [6.45, 7) is 4.52. The maximum absolute atomic E-state index is 8.80. The Morgan fingerprint density at radius 3 is 2.53 bits per heavy atom. The molecule has 0 aromatic carbocycles. The summed E-state index contributed by atoms with van der Waals surface area (Å²) in [6.07, 6.45) is 7.20. The standard InChI is InChI=1S/C11H21N3O/c1-3-5-11(6-4-2)14-9-10(7-8-15)12-13-14/h9,11,15H,3-8H2,1-2H3. The van der Waals surface area contributed by atoms with Gasteiger partial charge in [0, 0.05) is 19.2 Å². The summed E-state index contributed by atoms with van der Waals surface area (Å²) in [5, 5.41) is 17.0. The van der Waals surface area contributed by atoms with E-state index in [4.69, 9.17) is 5.11 Å². The number of hydrogen-bond donors (Lipinski definition) is 1. The molecule has 0 atom stereocenters. The minimum Gasteiger partial charge on any atom is -0.396 e. The van der Waals surface area contributed by atoms with Crippen LogP contribution in [0.4, 0.5) is 0 Å². The van der Waals surface area contributed by atoms with Crippen LogP contribution in [-0.4, -0.2) is 26.7 Å². The zero-order valence-corrected chi connectivity index (χ0v) is 9.69. The van der Waals surface area contributed by atoms with Crippen LogP contribution in [0.5, 0.6) is 0 Å². The number of aromatic nitrogens is 3. The second kappa shape index (κ2) is 6.56. The normalized spacial score (nSPS) is 11.2. The van der Waals surface area contributed by atoms with Gasteiger partial charge in [0.15, 0.2) is 0 Å². The van der Waals surface area contributed by atoms with Gasteiger partial charge in [-0.1, -0.05) is 31.9 Å². The van der Waals surface area contributed by atoms with E-state index in [9.17, 15) is 0 Å². The summed E-state index contributed by atoms with van der Waals surface area (Å²) in [4.78, 5) is 0. The molecule has 0 amide bonds. The first-order valence-corrected chi connectivity index (χ1v) is 5.83. The monoisotopic (exact) mass is 211 g/mol. The molecule has 1 rings (SSSR count). The van der Waals surface area contributed by atoms with Crippen molar-refractivity contribution in [3.63, 3.8) is 0 Å². The highest BCUT2D eigenvalue weighted by Crippen LogP contribution is 2.18. The van der Waals surface area contributed by atoms with Crippen molar-refractivity contribution in [3.8, 4) is 0 Å². The van der Waals surface area contributed by atoms with Gasteiger partial charge in [0.1, 0.15) is 0 Å². The molecule has 0 bridgehead atoms. The van der Waals surface area contributed by atoms with E-state index < -0.39 is 0 Å². The smallest absolute Gasteiger partial charge is 0.0850 e. The Labute approximate surface area is 91.3 Å². The van der Waals surface area contributed by atoms with E-state index in [0.29, 0.717) is 12.5 Å². The van der Waals surface area contributed by atoms with Crippen molar-refractivity contribution in [3.05, 3.63) is 11.9 Å². The Morgan fingerprint density at radius 1 is 1.33 bits per heavy atom. The van der Waals surface area contributed by atoms with Crippen molar-refractivity contribution in [2.24, 2.45) is 0 Å². The molecular formula is C11H21N3O. The van der Waals surface area contributed by atoms with Crippen LogP contribution in [0.3, 0.4) is 0 Å². The van der Waals surface area contributed by atoms with Crippen LogP contribution >= 0.6 is 0 Å². The molecule has 1 aromatic heterocycles. The van der Waals surface area contributed by atoms with E-state index in [0.717, 1.165) is 18.5 Å². The molecule has 4 heteroatoms. The summed E-state index contributed by atoms with van der Waals surface area (Å²) in [6, 6.07) is 0.472. The Kier molecular flexibility index (Phi) is 5.32. The molecular weight excluding hydrogens is 190 g/mol. The first-order valence-electron chi connectivity index (χ1n) is 5.83. The highest BCUT2D eigenvalue weighted by Gasteiger charge is 2.11. The molecule has 86 valence electrons. The van der Waals surface area contributed by atoms with Crippen molar-refractivity contribution in [1.29, 1.82) is 0 Å². The molecule has 1 N–H and O–H groups in total. The van der Waals surface area contributed by atoms with Gasteiger partial charge in [-0.15, -0.1) is 5.10 Å². The third-order valence-electron chi connectivity index (χ3n) is 2.54. The summed E-state index contributed by atoms with van der Waals surface area (Å²) in [7, 11) is 0. The van der Waals surface area contributed by atoms with Gasteiger partial charge in [0.25, 0.3) is 0 Å². The van der Waals surface area contributed by atoms with Crippen LogP contribution in [0.2, 0.25) is 0 Å². The Bertz CT molecular complexity index is 267. The summed E-state index contributed by atoms with van der Waals surface area (Å²) in [5.41, 5.74) is 0.884. The number of hydrogen-bond acceptors (Lipinski definition) is 3. The Balaban J connectivity index is 2.63. The predicted molar refractivity (Wildman–Crippen MR) is 59.7 cm³/mol. The first kappa shape index (κ1) is 12.2. The maximum Gasteiger partial charge on any atom is 0.0850 e. The predicted octanol–water partition coefficient (Wildman–Crippen LogP) is 1.95. The van der Waals surface area contributed by atoms with Crippen LogP contribution in [0.25, 0.3) is 0 Å². The zero-order valence-electron chi connectivity index (χ0n) is 9.69. The van der Waals surface area contributed by atoms with Crippen molar-refractivity contribution >= 4 is 0 Å². The summed E-state index contributed by atoms with van der Waals surface area (Å²) < 4.78 is 1.96. The third kappa shape index (κ3) is 3.63. The van der Waals surface area contributed by atoms with Gasteiger partial charge < -0.3 is 5.11 Å². The maximum atomic E-state index is 8.80. The molecule has 0 radical (unpaired) electrons. The lowest BCUT2D eigenvalue weighted by molar-refractivity contribution is 0.298. The fraction of sp³-hybridized carbons (Fsp3) is 0.818. The molecule has 0 aliphatic heterocycles. The van der Waals surface area contributed by atoms with E-state index in [1.165, 1.54) is 12.8 Å². The van der Waals surface area contributed by atoms with Crippen molar-refractivity contribution < 1.29 is 5.11 Å². The molecule has 0 aliphatic carbocycles. The number of aliphatic hydroxyl groups is 1. The molecule has 4 nitrogen and oxygen atoms in total. The molecule has 0 spiro atoms. The van der Waals surface area contributed by atoms with E-state index in [1.807, 2.05) is 10.9 Å². The number of aliphatic hydroxyl groups excluding tert-OH is 1. The molecule has 0 aliphatic rings. The van der Waals surface area contributed by atoms with Gasteiger partial charge in [-0.3, -0.25) is 0 Å². The van der Waals surface area contributed by atoms with Crippen molar-refractivity contribution in [2.75, 3.05) is 6.61 Å². The third-order valence-corrected chi connectivity index (χ3v) is 2.54. The number of rotatable bonds is 7. The fourth-order valence-corrected chi connectivity index (χ4v) is 1.80. The van der Waals surface area contributed by atoms with Crippen LogP contribution in [0, 0.1) is 0 Å². The van der Waals surface area contributed by atoms with Gasteiger partial charge >= 0.3 is 0 Å². The van der Waals surface area contributed by atoms with Gasteiger partial charge in [0.2, 0.25) is 0 Å². The molecule has 0 fully saturated rings. The van der Waals surface area contributed by atoms with E-state index >= 15 is 0 Å². The quantitative estimate of drug-likeness (QED) is 0.750. The molecule has 0 saturated carbocycles. The van der Waals surface area contributed by atoms with Crippen molar-refractivity contribution in [1.82, 2.24) is 15.0 Å². The van der Waals surface area contributed by atoms with E-state index in [-0.39, 0.29) is 6.61 Å². The van der Waals surface area contributed by atoms with E-state index in [1.54, 1.807) is 0 Å². The molecule has 1 heterocycles. The zero-order chi connectivity index (χ0) is 11.1. The summed E-state index contributed by atoms with van der Waals surface area (Å²) >= 11 is 0. The lowest BCUT2D eigenvalue weighted by Gasteiger charge is -2.14. The SMILES string of the molecule is CCCC(CCC)n1cc(CCO)nn1. The molecule has 0 unspecified atom stereocenters. The summed E-state index contributed by atoms with van der Waals surface area (Å²) in [5.74, 6) is 0. The van der Waals surface area contributed by atoms with E-state index in [2.05, 4.69) is 24.2 Å². The van der Waals surface area contributed by atoms with Gasteiger partial charge in [-0.05, 0) is 12.8 Å². The van der Waals surface area contributed by atoms with Crippen LogP contribution in [0.1, 0.15) is 51.3 Å². The first-order chi connectivity index (χ1) is 7.31.